The van der Waals surface area contributed by atoms with Gasteiger partial charge in [0.25, 0.3) is 0 Å². The van der Waals surface area contributed by atoms with Gasteiger partial charge < -0.3 is 15.0 Å². The summed E-state index contributed by atoms with van der Waals surface area (Å²) in [6.07, 6.45) is 1.89. The van der Waals surface area contributed by atoms with Crippen molar-refractivity contribution in [1.82, 2.24) is 14.7 Å². The van der Waals surface area contributed by atoms with Crippen molar-refractivity contribution in [2.75, 3.05) is 12.4 Å². The highest BCUT2D eigenvalue weighted by molar-refractivity contribution is 9.10. The first-order valence-corrected chi connectivity index (χ1v) is 8.38. The summed E-state index contributed by atoms with van der Waals surface area (Å²) < 4.78 is 32.1. The van der Waals surface area contributed by atoms with Crippen LogP contribution in [-0.2, 0) is 13.1 Å². The third kappa shape index (κ3) is 4.88. The Bertz CT molecular complexity index is 711. The zero-order valence-corrected chi connectivity index (χ0v) is 15.6. The molecule has 0 atom stereocenters. The quantitative estimate of drug-likeness (QED) is 0.715. The summed E-state index contributed by atoms with van der Waals surface area (Å²) >= 11 is 8.80. The van der Waals surface area contributed by atoms with E-state index in [-0.39, 0.29) is 5.75 Å². The van der Waals surface area contributed by atoms with Gasteiger partial charge in [-0.25, -0.2) is 0 Å². The van der Waals surface area contributed by atoms with E-state index >= 15 is 0 Å². The lowest BCUT2D eigenvalue weighted by Crippen LogP contribution is -2.31. The van der Waals surface area contributed by atoms with Crippen molar-refractivity contribution in [2.24, 2.45) is 0 Å². The first-order chi connectivity index (χ1) is 11.4. The average Bonchev–Trinajstić information content (AvgIpc) is 2.89. The minimum Gasteiger partial charge on any atom is -0.433 e. The lowest BCUT2D eigenvalue weighted by atomic mass is 10.3. The molecule has 2 rings (SSSR count). The molecule has 5 nitrogen and oxygen atoms in total. The number of ether oxygens (including phenoxy) is 1. The molecule has 0 spiro atoms. The Labute approximate surface area is 152 Å². The van der Waals surface area contributed by atoms with Crippen LogP contribution < -0.4 is 10.1 Å². The van der Waals surface area contributed by atoms with Crippen molar-refractivity contribution >= 4 is 38.9 Å². The molecule has 0 aliphatic carbocycles. The highest BCUT2D eigenvalue weighted by Gasteiger charge is 2.14. The molecule has 130 valence electrons. The van der Waals surface area contributed by atoms with Crippen molar-refractivity contribution in [3.8, 4) is 5.75 Å². The summed E-state index contributed by atoms with van der Waals surface area (Å²) in [7, 11) is 1.79. The number of hydrogen-bond donors (Lipinski definition) is 1. The Hall–Kier alpha value is -1.74. The Balaban J connectivity index is 2.05. The molecule has 0 fully saturated rings. The fourth-order valence-corrected chi connectivity index (χ4v) is 2.60. The van der Waals surface area contributed by atoms with Crippen molar-refractivity contribution < 1.29 is 13.5 Å². The number of rotatable bonds is 6. The highest BCUT2D eigenvalue weighted by Crippen LogP contribution is 2.26. The second-order valence-corrected chi connectivity index (χ2v) is 6.18. The van der Waals surface area contributed by atoms with E-state index in [0.29, 0.717) is 17.3 Å². The van der Waals surface area contributed by atoms with Crippen LogP contribution in [0.3, 0.4) is 0 Å². The SMILES string of the molecule is CCn1cc(Br)c(CN(C)C(=S)Nc2ccccc2OC(F)F)n1. The Morgan fingerprint density at radius 1 is 1.46 bits per heavy atom. The first kappa shape index (κ1) is 18.6. The molecular weight excluding hydrogens is 402 g/mol. The predicted molar refractivity (Wildman–Crippen MR) is 96.4 cm³/mol. The molecule has 2 aromatic rings. The van der Waals surface area contributed by atoms with Crippen molar-refractivity contribution in [1.29, 1.82) is 0 Å². The molecule has 0 saturated carbocycles. The van der Waals surface area contributed by atoms with Crippen LogP contribution in [0, 0.1) is 0 Å². The minimum atomic E-state index is -2.90. The zero-order chi connectivity index (χ0) is 17.7. The number of benzene rings is 1. The van der Waals surface area contributed by atoms with E-state index in [4.69, 9.17) is 12.2 Å². The molecule has 1 aromatic carbocycles. The van der Waals surface area contributed by atoms with Gasteiger partial charge in [-0.05, 0) is 47.2 Å². The summed E-state index contributed by atoms with van der Waals surface area (Å²) in [5.74, 6) is 0.0414. The summed E-state index contributed by atoms with van der Waals surface area (Å²) in [4.78, 5) is 1.77. The summed E-state index contributed by atoms with van der Waals surface area (Å²) in [6.45, 7) is 0.341. The first-order valence-electron chi connectivity index (χ1n) is 7.18. The molecular formula is C15H17BrF2N4OS. The summed E-state index contributed by atoms with van der Waals surface area (Å²) in [5, 5.41) is 7.73. The minimum absolute atomic E-state index is 0.0414. The molecule has 0 amide bonds. The topological polar surface area (TPSA) is 42.3 Å². The van der Waals surface area contributed by atoms with Crippen molar-refractivity contribution in [3.05, 3.63) is 40.6 Å². The number of anilines is 1. The molecule has 0 aliphatic rings. The van der Waals surface area contributed by atoms with E-state index in [2.05, 4.69) is 31.1 Å². The maximum Gasteiger partial charge on any atom is 0.387 e. The van der Waals surface area contributed by atoms with Crippen LogP contribution in [0.4, 0.5) is 14.5 Å². The number of aryl methyl sites for hydroxylation is 1. The van der Waals surface area contributed by atoms with Crippen LogP contribution in [0.25, 0.3) is 0 Å². The lowest BCUT2D eigenvalue weighted by molar-refractivity contribution is -0.0493. The number of para-hydroxylation sites is 2. The van der Waals surface area contributed by atoms with E-state index in [9.17, 15) is 8.78 Å². The number of aromatic nitrogens is 2. The average molecular weight is 419 g/mol. The Morgan fingerprint density at radius 2 is 2.17 bits per heavy atom. The van der Waals surface area contributed by atoms with Crippen LogP contribution in [0.15, 0.2) is 34.9 Å². The molecule has 1 N–H and O–H groups in total. The van der Waals surface area contributed by atoms with Gasteiger partial charge in [0.2, 0.25) is 0 Å². The molecule has 0 unspecified atom stereocenters. The zero-order valence-electron chi connectivity index (χ0n) is 13.2. The van der Waals surface area contributed by atoms with Gasteiger partial charge in [0, 0.05) is 19.8 Å². The lowest BCUT2D eigenvalue weighted by Gasteiger charge is -2.21. The Morgan fingerprint density at radius 3 is 2.79 bits per heavy atom. The van der Waals surface area contributed by atoms with Gasteiger partial charge in [-0.2, -0.15) is 13.9 Å². The molecule has 0 bridgehead atoms. The number of hydrogen-bond acceptors (Lipinski definition) is 3. The maximum absolute atomic E-state index is 12.5. The third-order valence-electron chi connectivity index (χ3n) is 3.19. The summed E-state index contributed by atoms with van der Waals surface area (Å²) in [5.41, 5.74) is 1.22. The molecule has 24 heavy (non-hydrogen) atoms. The highest BCUT2D eigenvalue weighted by atomic mass is 79.9. The van der Waals surface area contributed by atoms with Gasteiger partial charge in [-0.3, -0.25) is 4.68 Å². The number of nitrogens with zero attached hydrogens (tertiary/aromatic N) is 3. The van der Waals surface area contributed by atoms with Crippen LogP contribution >= 0.6 is 28.1 Å². The van der Waals surface area contributed by atoms with Crippen LogP contribution in [0.5, 0.6) is 5.75 Å². The monoisotopic (exact) mass is 418 g/mol. The van der Waals surface area contributed by atoms with Crippen LogP contribution in [-0.4, -0.2) is 33.5 Å². The van der Waals surface area contributed by atoms with E-state index in [1.807, 2.05) is 17.8 Å². The second-order valence-electron chi connectivity index (χ2n) is 4.94. The van der Waals surface area contributed by atoms with Gasteiger partial charge in [0.15, 0.2) is 5.11 Å². The number of halogens is 3. The smallest absolute Gasteiger partial charge is 0.387 e. The van der Waals surface area contributed by atoms with Crippen molar-refractivity contribution in [2.45, 2.75) is 26.6 Å². The molecule has 0 saturated heterocycles. The van der Waals surface area contributed by atoms with E-state index in [1.165, 1.54) is 6.07 Å². The van der Waals surface area contributed by atoms with Gasteiger partial charge >= 0.3 is 6.61 Å². The van der Waals surface area contributed by atoms with Gasteiger partial charge in [0.1, 0.15) is 5.75 Å². The molecule has 1 heterocycles. The molecule has 1 aromatic heterocycles. The van der Waals surface area contributed by atoms with Gasteiger partial charge in [-0.1, -0.05) is 12.1 Å². The van der Waals surface area contributed by atoms with Gasteiger partial charge in [-0.15, -0.1) is 0 Å². The normalized spacial score (nSPS) is 10.8. The second kappa shape index (κ2) is 8.39. The molecule has 0 aliphatic heterocycles. The molecule has 9 heteroatoms. The summed E-state index contributed by atoms with van der Waals surface area (Å²) in [6, 6.07) is 6.41. The van der Waals surface area contributed by atoms with Crippen LogP contribution in [0.1, 0.15) is 12.6 Å². The largest absolute Gasteiger partial charge is 0.433 e. The van der Waals surface area contributed by atoms with E-state index in [1.54, 1.807) is 30.1 Å². The third-order valence-corrected chi connectivity index (χ3v) is 4.27. The standard InChI is InChI=1S/C15H17BrF2N4OS/c1-3-22-8-10(16)12(20-22)9-21(2)15(24)19-11-6-4-5-7-13(11)23-14(17)18/h4-8,14H,3,9H2,1-2H3,(H,19,24). The Kier molecular flexibility index (Phi) is 6.50. The number of thiocarbonyl (C=S) groups is 1. The molecule has 0 radical (unpaired) electrons. The fourth-order valence-electron chi connectivity index (χ4n) is 1.98. The van der Waals surface area contributed by atoms with E-state index in [0.717, 1.165) is 16.7 Å². The number of nitrogens with one attached hydrogen (secondary N) is 1. The number of alkyl halides is 2. The van der Waals surface area contributed by atoms with Crippen LogP contribution in [0.2, 0.25) is 0 Å². The fraction of sp³-hybridized carbons (Fsp3) is 0.333. The van der Waals surface area contributed by atoms with Crippen molar-refractivity contribution in [3.63, 3.8) is 0 Å². The van der Waals surface area contributed by atoms with Gasteiger partial charge in [0.05, 0.1) is 22.4 Å². The van der Waals surface area contributed by atoms with E-state index < -0.39 is 6.61 Å². The predicted octanol–water partition coefficient (Wildman–Crippen LogP) is 4.10. The maximum atomic E-state index is 12.5.